The van der Waals surface area contributed by atoms with Gasteiger partial charge in [0.15, 0.2) is 11.5 Å². The Bertz CT molecular complexity index is 826. The van der Waals surface area contributed by atoms with Crippen molar-refractivity contribution in [1.29, 1.82) is 0 Å². The lowest BCUT2D eigenvalue weighted by Crippen LogP contribution is -2.19. The summed E-state index contributed by atoms with van der Waals surface area (Å²) in [5.74, 6) is 0.793. The van der Waals surface area contributed by atoms with Gasteiger partial charge in [0.1, 0.15) is 5.01 Å². The average Bonchev–Trinajstić information content (AvgIpc) is 3.06. The molecule has 0 fully saturated rings. The second-order valence-electron chi connectivity index (χ2n) is 5.11. The van der Waals surface area contributed by atoms with Crippen LogP contribution in [0.2, 0.25) is 0 Å². The summed E-state index contributed by atoms with van der Waals surface area (Å²) in [5, 5.41) is 14.8. The van der Waals surface area contributed by atoms with E-state index >= 15 is 0 Å². The zero-order valence-electron chi connectivity index (χ0n) is 15.2. The maximum absolute atomic E-state index is 11.9. The van der Waals surface area contributed by atoms with Crippen molar-refractivity contribution in [3.63, 3.8) is 0 Å². The number of carbonyl (C=O) groups is 2. The molecule has 11 heteroatoms. The number of aromatic nitrogens is 2. The molecule has 0 aliphatic rings. The minimum Gasteiger partial charge on any atom is -0.493 e. The van der Waals surface area contributed by atoms with Crippen molar-refractivity contribution in [2.75, 3.05) is 26.6 Å². The lowest BCUT2D eigenvalue weighted by molar-refractivity contribution is -0.120. The Hall–Kier alpha value is -3.21. The molecule has 0 aliphatic heterocycles. The van der Waals surface area contributed by atoms with Crippen LogP contribution in [-0.4, -0.2) is 49.6 Å². The smallest absolute Gasteiger partial charge is 0.247 e. The highest BCUT2D eigenvalue weighted by Gasteiger charge is 2.13. The van der Waals surface area contributed by atoms with Gasteiger partial charge >= 0.3 is 0 Å². The van der Waals surface area contributed by atoms with Gasteiger partial charge in [0.05, 0.1) is 34.0 Å². The Morgan fingerprint density at radius 3 is 2.37 bits per heavy atom. The van der Waals surface area contributed by atoms with Gasteiger partial charge in [-0.15, -0.1) is 10.2 Å². The molecule has 2 aromatic rings. The largest absolute Gasteiger partial charge is 0.493 e. The molecule has 0 unspecified atom stereocenters. The summed E-state index contributed by atoms with van der Waals surface area (Å²) in [7, 11) is 4.54. The highest BCUT2D eigenvalue weighted by atomic mass is 32.1. The van der Waals surface area contributed by atoms with Crippen LogP contribution in [0, 0.1) is 0 Å². The fourth-order valence-corrected chi connectivity index (χ4v) is 2.84. The first kappa shape index (κ1) is 20.1. The predicted octanol–water partition coefficient (Wildman–Crippen LogP) is 1.22. The number of nitrogens with one attached hydrogen (secondary N) is 2. The highest BCUT2D eigenvalue weighted by Crippen LogP contribution is 2.37. The van der Waals surface area contributed by atoms with Crippen LogP contribution in [0.5, 0.6) is 17.2 Å². The molecule has 1 aromatic carbocycles. The fourth-order valence-electron chi connectivity index (χ4n) is 2.06. The van der Waals surface area contributed by atoms with E-state index in [4.69, 9.17) is 14.2 Å². The Morgan fingerprint density at radius 2 is 1.81 bits per heavy atom. The number of hydrogen-bond donors (Lipinski definition) is 2. The van der Waals surface area contributed by atoms with Gasteiger partial charge in [-0.1, -0.05) is 11.3 Å². The van der Waals surface area contributed by atoms with Crippen LogP contribution in [-0.2, 0) is 16.0 Å². The second-order valence-corrected chi connectivity index (χ2v) is 6.17. The van der Waals surface area contributed by atoms with Crippen molar-refractivity contribution in [2.45, 2.75) is 13.3 Å². The summed E-state index contributed by atoms with van der Waals surface area (Å²) in [5.41, 5.74) is 3.05. The Kier molecular flexibility index (Phi) is 7.06. The molecule has 1 aromatic heterocycles. The van der Waals surface area contributed by atoms with E-state index in [2.05, 4.69) is 26.0 Å². The van der Waals surface area contributed by atoms with Gasteiger partial charge in [-0.3, -0.25) is 9.59 Å². The van der Waals surface area contributed by atoms with Crippen LogP contribution in [0.4, 0.5) is 5.13 Å². The van der Waals surface area contributed by atoms with Crippen molar-refractivity contribution >= 4 is 34.5 Å². The number of hydrogen-bond acceptors (Lipinski definition) is 9. The topological polar surface area (TPSA) is 124 Å². The van der Waals surface area contributed by atoms with Gasteiger partial charge in [-0.05, 0) is 12.1 Å². The summed E-state index contributed by atoms with van der Waals surface area (Å²) < 4.78 is 15.8. The molecule has 0 aliphatic carbocycles. The third-order valence-corrected chi connectivity index (χ3v) is 3.99. The second kappa shape index (κ2) is 9.48. The third-order valence-electron chi connectivity index (χ3n) is 3.15. The average molecular weight is 393 g/mol. The monoisotopic (exact) mass is 393 g/mol. The van der Waals surface area contributed by atoms with Crippen molar-refractivity contribution in [2.24, 2.45) is 5.10 Å². The predicted molar refractivity (Wildman–Crippen MR) is 99.8 cm³/mol. The summed E-state index contributed by atoms with van der Waals surface area (Å²) in [6, 6.07) is 3.39. The Labute approximate surface area is 159 Å². The minimum atomic E-state index is -0.371. The van der Waals surface area contributed by atoms with Gasteiger partial charge < -0.3 is 19.5 Å². The van der Waals surface area contributed by atoms with E-state index in [-0.39, 0.29) is 18.2 Å². The van der Waals surface area contributed by atoms with Crippen LogP contribution < -0.4 is 25.0 Å². The summed E-state index contributed by atoms with van der Waals surface area (Å²) in [6.45, 7) is 1.37. The maximum Gasteiger partial charge on any atom is 0.247 e. The van der Waals surface area contributed by atoms with Crippen LogP contribution >= 0.6 is 11.3 Å². The van der Waals surface area contributed by atoms with Gasteiger partial charge in [0.25, 0.3) is 0 Å². The number of benzene rings is 1. The zero-order chi connectivity index (χ0) is 19.8. The van der Waals surface area contributed by atoms with Crippen LogP contribution in [0.3, 0.4) is 0 Å². The molecule has 0 saturated heterocycles. The van der Waals surface area contributed by atoms with Crippen molar-refractivity contribution in [3.8, 4) is 17.2 Å². The van der Waals surface area contributed by atoms with Crippen molar-refractivity contribution < 1.29 is 23.8 Å². The van der Waals surface area contributed by atoms with E-state index in [9.17, 15) is 9.59 Å². The molecule has 27 heavy (non-hydrogen) atoms. The summed E-state index contributed by atoms with van der Waals surface area (Å²) in [6.07, 6.45) is 1.44. The first-order valence-electron chi connectivity index (χ1n) is 7.68. The highest BCUT2D eigenvalue weighted by molar-refractivity contribution is 7.15. The lowest BCUT2D eigenvalue weighted by Gasteiger charge is -2.12. The molecular formula is C16H19N5O5S. The first-order chi connectivity index (χ1) is 13.0. The number of carbonyl (C=O) groups excluding carboxylic acids is 2. The SMILES string of the molecule is COc1cc(/C=N\NC(=O)Cc2nnc(NC(C)=O)s2)cc(OC)c1OC. The molecule has 1 heterocycles. The van der Waals surface area contributed by atoms with Crippen LogP contribution in [0.15, 0.2) is 17.2 Å². The van der Waals surface area contributed by atoms with Crippen LogP contribution in [0.1, 0.15) is 17.5 Å². The molecule has 2 rings (SSSR count). The molecular weight excluding hydrogens is 374 g/mol. The Balaban J connectivity index is 1.99. The fraction of sp³-hybridized carbons (Fsp3) is 0.312. The van der Waals surface area contributed by atoms with Gasteiger partial charge in [0, 0.05) is 12.5 Å². The van der Waals surface area contributed by atoms with E-state index in [1.54, 1.807) is 12.1 Å². The van der Waals surface area contributed by atoms with E-state index in [0.29, 0.717) is 33.0 Å². The molecule has 144 valence electrons. The maximum atomic E-state index is 11.9. The van der Waals surface area contributed by atoms with Crippen LogP contribution in [0.25, 0.3) is 0 Å². The van der Waals surface area contributed by atoms with Gasteiger partial charge in [0.2, 0.25) is 22.7 Å². The molecule has 10 nitrogen and oxygen atoms in total. The van der Waals surface area contributed by atoms with E-state index in [0.717, 1.165) is 11.3 Å². The quantitative estimate of drug-likeness (QED) is 0.510. The van der Waals surface area contributed by atoms with Crippen molar-refractivity contribution in [3.05, 3.63) is 22.7 Å². The number of rotatable bonds is 8. The number of nitrogens with zero attached hydrogens (tertiary/aromatic N) is 3. The molecule has 0 radical (unpaired) electrons. The normalized spacial score (nSPS) is 10.5. The molecule has 2 amide bonds. The van der Waals surface area contributed by atoms with Gasteiger partial charge in [-0.2, -0.15) is 5.10 Å². The molecule has 0 saturated carbocycles. The molecule has 0 atom stereocenters. The summed E-state index contributed by atoms with van der Waals surface area (Å²) in [4.78, 5) is 22.9. The molecule has 2 N–H and O–H groups in total. The molecule has 0 spiro atoms. The van der Waals surface area contributed by atoms with E-state index < -0.39 is 0 Å². The minimum absolute atomic E-state index is 0.0101. The third kappa shape index (κ3) is 5.64. The van der Waals surface area contributed by atoms with Gasteiger partial charge in [-0.25, -0.2) is 5.43 Å². The lowest BCUT2D eigenvalue weighted by atomic mass is 10.2. The Morgan fingerprint density at radius 1 is 1.15 bits per heavy atom. The standard InChI is InChI=1S/C16H19N5O5S/c1-9(22)18-16-21-20-14(27-16)7-13(23)19-17-8-10-5-11(24-2)15(26-4)12(6-10)25-3/h5-6,8H,7H2,1-4H3,(H,19,23)(H,18,21,22)/b17-8-. The number of anilines is 1. The number of ether oxygens (including phenoxy) is 3. The summed E-state index contributed by atoms with van der Waals surface area (Å²) >= 11 is 1.12. The van der Waals surface area contributed by atoms with Crippen molar-refractivity contribution in [1.82, 2.24) is 15.6 Å². The van der Waals surface area contributed by atoms with E-state index in [1.807, 2.05) is 0 Å². The number of hydrazone groups is 1. The number of methoxy groups -OCH3 is 3. The first-order valence-corrected chi connectivity index (χ1v) is 8.50. The number of amides is 2. The molecule has 0 bridgehead atoms. The zero-order valence-corrected chi connectivity index (χ0v) is 16.0. The van der Waals surface area contributed by atoms with E-state index in [1.165, 1.54) is 34.5 Å².